The summed E-state index contributed by atoms with van der Waals surface area (Å²) in [6, 6.07) is 13.5. The molecule has 1 aliphatic heterocycles. The summed E-state index contributed by atoms with van der Waals surface area (Å²) >= 11 is 0. The lowest BCUT2D eigenvalue weighted by Crippen LogP contribution is -2.50. The molecule has 1 amide bonds. The van der Waals surface area contributed by atoms with Gasteiger partial charge in [0.05, 0.1) is 30.7 Å². The Kier molecular flexibility index (Phi) is 8.00. The van der Waals surface area contributed by atoms with Crippen molar-refractivity contribution in [2.75, 3.05) is 44.2 Å². The van der Waals surface area contributed by atoms with Gasteiger partial charge in [-0.05, 0) is 50.1 Å². The van der Waals surface area contributed by atoms with E-state index in [4.69, 9.17) is 4.74 Å². The van der Waals surface area contributed by atoms with Crippen LogP contribution in [-0.2, 0) is 27.4 Å². The highest BCUT2D eigenvalue weighted by Gasteiger charge is 2.20. The normalized spacial score (nSPS) is 14.1. The van der Waals surface area contributed by atoms with Crippen LogP contribution in [0, 0.1) is 13.8 Å². The average molecular weight is 492 g/mol. The maximum Gasteiger partial charge on any atom is 0.311 e. The SMILES string of the molecule is CCOC(=O)Cc1nn(CNC(=O)CN2CCN(c3ccc(C)c(C)c3)CC2)c(=O)c2ccccc12. The van der Waals surface area contributed by atoms with Gasteiger partial charge >= 0.3 is 5.97 Å². The molecule has 9 heteroatoms. The highest BCUT2D eigenvalue weighted by atomic mass is 16.5. The molecule has 0 radical (unpaired) electrons. The molecule has 1 fully saturated rings. The topological polar surface area (TPSA) is 96.8 Å². The number of amides is 1. The Bertz CT molecular complexity index is 1310. The molecule has 0 saturated carbocycles. The first kappa shape index (κ1) is 25.4. The van der Waals surface area contributed by atoms with Crippen LogP contribution >= 0.6 is 0 Å². The van der Waals surface area contributed by atoms with E-state index in [0.29, 0.717) is 16.5 Å². The highest BCUT2D eigenvalue weighted by Crippen LogP contribution is 2.20. The summed E-state index contributed by atoms with van der Waals surface area (Å²) in [6.45, 7) is 9.66. The van der Waals surface area contributed by atoms with Crippen LogP contribution in [0.25, 0.3) is 10.8 Å². The summed E-state index contributed by atoms with van der Waals surface area (Å²) in [5.74, 6) is -0.590. The predicted molar refractivity (Wildman–Crippen MR) is 139 cm³/mol. The molecule has 190 valence electrons. The van der Waals surface area contributed by atoms with Crippen LogP contribution in [0.15, 0.2) is 47.3 Å². The largest absolute Gasteiger partial charge is 0.466 e. The van der Waals surface area contributed by atoms with Crippen molar-refractivity contribution in [2.45, 2.75) is 33.9 Å². The molecule has 2 heterocycles. The summed E-state index contributed by atoms with van der Waals surface area (Å²) in [4.78, 5) is 42.1. The second kappa shape index (κ2) is 11.3. The quantitative estimate of drug-likeness (QED) is 0.482. The van der Waals surface area contributed by atoms with Crippen LogP contribution in [-0.4, -0.2) is 65.9 Å². The standard InChI is InChI=1S/C27H33N5O4/c1-4-36-26(34)16-24-22-7-5-6-8-23(22)27(35)32(29-24)18-28-25(33)17-30-11-13-31(14-12-30)21-10-9-19(2)20(3)15-21/h5-10,15H,4,11-14,16-18H2,1-3H3,(H,28,33). The van der Waals surface area contributed by atoms with E-state index in [9.17, 15) is 14.4 Å². The van der Waals surface area contributed by atoms with Gasteiger partial charge in [-0.1, -0.05) is 24.3 Å². The van der Waals surface area contributed by atoms with E-state index in [0.717, 1.165) is 26.2 Å². The number of nitrogens with zero attached hydrogens (tertiary/aromatic N) is 4. The summed E-state index contributed by atoms with van der Waals surface area (Å²) in [6.07, 6.45) is -0.0482. The molecule has 0 unspecified atom stereocenters. The third-order valence-electron chi connectivity index (χ3n) is 6.58. The van der Waals surface area contributed by atoms with Gasteiger partial charge in [0.25, 0.3) is 5.56 Å². The zero-order valence-electron chi connectivity index (χ0n) is 21.1. The van der Waals surface area contributed by atoms with Crippen molar-refractivity contribution in [3.05, 3.63) is 69.6 Å². The van der Waals surface area contributed by atoms with E-state index >= 15 is 0 Å². The summed E-state index contributed by atoms with van der Waals surface area (Å²) in [7, 11) is 0. The number of nitrogens with one attached hydrogen (secondary N) is 1. The van der Waals surface area contributed by atoms with Crippen molar-refractivity contribution < 1.29 is 14.3 Å². The van der Waals surface area contributed by atoms with Crippen LogP contribution in [0.4, 0.5) is 5.69 Å². The molecule has 2 aromatic carbocycles. The molecule has 9 nitrogen and oxygen atoms in total. The third kappa shape index (κ3) is 5.91. The lowest BCUT2D eigenvalue weighted by atomic mass is 10.1. The summed E-state index contributed by atoms with van der Waals surface area (Å²) in [5.41, 5.74) is 3.89. The number of hydrogen-bond acceptors (Lipinski definition) is 7. The van der Waals surface area contributed by atoms with Gasteiger partial charge in [0, 0.05) is 37.3 Å². The fourth-order valence-corrected chi connectivity index (χ4v) is 4.40. The molecule has 0 aliphatic carbocycles. The second-order valence-corrected chi connectivity index (χ2v) is 9.07. The number of anilines is 1. The molecule has 0 atom stereocenters. The van der Waals surface area contributed by atoms with Gasteiger partial charge in [-0.2, -0.15) is 5.10 Å². The van der Waals surface area contributed by atoms with E-state index in [2.05, 4.69) is 52.3 Å². The van der Waals surface area contributed by atoms with Gasteiger partial charge in [0.1, 0.15) is 6.67 Å². The predicted octanol–water partition coefficient (Wildman–Crippen LogP) is 2.01. The maximum absolute atomic E-state index is 12.9. The smallest absolute Gasteiger partial charge is 0.311 e. The highest BCUT2D eigenvalue weighted by molar-refractivity contribution is 5.87. The number of hydrogen-bond donors (Lipinski definition) is 1. The number of carbonyl (C=O) groups excluding carboxylic acids is 2. The molecule has 1 N–H and O–H groups in total. The van der Waals surface area contributed by atoms with Crippen LogP contribution in [0.2, 0.25) is 0 Å². The number of rotatable bonds is 8. The molecule has 3 aromatic rings. The second-order valence-electron chi connectivity index (χ2n) is 9.07. The van der Waals surface area contributed by atoms with Crippen molar-refractivity contribution in [1.82, 2.24) is 20.0 Å². The molecule has 1 aromatic heterocycles. The molecular formula is C27H33N5O4. The van der Waals surface area contributed by atoms with Crippen molar-refractivity contribution in [2.24, 2.45) is 0 Å². The van der Waals surface area contributed by atoms with Crippen molar-refractivity contribution in [3.8, 4) is 0 Å². The van der Waals surface area contributed by atoms with Crippen LogP contribution in [0.3, 0.4) is 0 Å². The number of piperazine rings is 1. The molecule has 0 spiro atoms. The van der Waals surface area contributed by atoms with Crippen LogP contribution in [0.5, 0.6) is 0 Å². The first-order chi connectivity index (χ1) is 17.4. The van der Waals surface area contributed by atoms with Crippen molar-refractivity contribution >= 4 is 28.3 Å². The minimum atomic E-state index is -0.413. The van der Waals surface area contributed by atoms with E-state index in [1.807, 2.05) is 0 Å². The first-order valence-electron chi connectivity index (χ1n) is 12.3. The molecule has 1 saturated heterocycles. The number of benzene rings is 2. The number of carbonyl (C=O) groups is 2. The minimum absolute atomic E-state index is 0.0482. The summed E-state index contributed by atoms with van der Waals surface area (Å²) in [5, 5.41) is 8.23. The Morgan fingerprint density at radius 1 is 1.00 bits per heavy atom. The zero-order chi connectivity index (χ0) is 25.7. The number of fused-ring (bicyclic) bond motifs is 1. The van der Waals surface area contributed by atoms with Gasteiger partial charge < -0.3 is 15.0 Å². The Hall–Kier alpha value is -3.72. The fourth-order valence-electron chi connectivity index (χ4n) is 4.40. The molecule has 4 rings (SSSR count). The van der Waals surface area contributed by atoms with Crippen molar-refractivity contribution in [3.63, 3.8) is 0 Å². The lowest BCUT2D eigenvalue weighted by molar-refractivity contribution is -0.142. The molecule has 0 bridgehead atoms. The maximum atomic E-state index is 12.9. The Balaban J connectivity index is 1.36. The van der Waals surface area contributed by atoms with Gasteiger partial charge in [-0.3, -0.25) is 19.3 Å². The monoisotopic (exact) mass is 491 g/mol. The van der Waals surface area contributed by atoms with Gasteiger partial charge in [0.15, 0.2) is 0 Å². The van der Waals surface area contributed by atoms with Crippen molar-refractivity contribution in [1.29, 1.82) is 0 Å². The molecular weight excluding hydrogens is 458 g/mol. The minimum Gasteiger partial charge on any atom is -0.466 e. The summed E-state index contributed by atoms with van der Waals surface area (Å²) < 4.78 is 6.25. The number of esters is 1. The van der Waals surface area contributed by atoms with Gasteiger partial charge in [0.2, 0.25) is 5.91 Å². The van der Waals surface area contributed by atoms with Crippen LogP contribution in [0.1, 0.15) is 23.7 Å². The van der Waals surface area contributed by atoms with E-state index in [1.165, 1.54) is 21.5 Å². The number of aromatic nitrogens is 2. The molecule has 1 aliphatic rings. The Morgan fingerprint density at radius 3 is 2.42 bits per heavy atom. The van der Waals surface area contributed by atoms with Crippen LogP contribution < -0.4 is 15.8 Å². The van der Waals surface area contributed by atoms with E-state index in [1.54, 1.807) is 31.2 Å². The third-order valence-corrected chi connectivity index (χ3v) is 6.58. The average Bonchev–Trinajstić information content (AvgIpc) is 2.87. The van der Waals surface area contributed by atoms with E-state index in [-0.39, 0.29) is 37.7 Å². The number of aryl methyl sites for hydroxylation is 2. The fraction of sp³-hybridized carbons (Fsp3) is 0.407. The Morgan fingerprint density at radius 2 is 1.72 bits per heavy atom. The Labute approximate surface area is 210 Å². The van der Waals surface area contributed by atoms with E-state index < -0.39 is 5.97 Å². The van der Waals surface area contributed by atoms with Gasteiger partial charge in [-0.25, -0.2) is 4.68 Å². The zero-order valence-corrected chi connectivity index (χ0v) is 21.1. The van der Waals surface area contributed by atoms with Gasteiger partial charge in [-0.15, -0.1) is 0 Å². The first-order valence-corrected chi connectivity index (χ1v) is 12.3. The molecule has 36 heavy (non-hydrogen) atoms. The number of ether oxygens (including phenoxy) is 1. The lowest BCUT2D eigenvalue weighted by Gasteiger charge is -2.36.